The Morgan fingerprint density at radius 2 is 1.33 bits per heavy atom. The zero-order valence-corrected chi connectivity index (χ0v) is 11.0. The molecule has 1 N–H and O–H groups in total. The van der Waals surface area contributed by atoms with Gasteiger partial charge in [-0.25, -0.2) is 0 Å². The topological polar surface area (TPSA) is 12.0 Å². The predicted octanol–water partition coefficient (Wildman–Crippen LogP) is 2.58. The molecule has 0 unspecified atom stereocenters. The van der Waals surface area contributed by atoms with Crippen molar-refractivity contribution in [1.29, 1.82) is 0 Å². The number of nitrogens with one attached hydrogen (secondary N) is 1. The summed E-state index contributed by atoms with van der Waals surface area (Å²) in [7, 11) is 0. The van der Waals surface area contributed by atoms with E-state index in [2.05, 4.69) is 33.0 Å². The van der Waals surface area contributed by atoms with Crippen LogP contribution in [0.1, 0.15) is 49.8 Å². The van der Waals surface area contributed by atoms with Gasteiger partial charge in [0.25, 0.3) is 0 Å². The van der Waals surface area contributed by atoms with Crippen LogP contribution in [0.5, 0.6) is 0 Å². The summed E-state index contributed by atoms with van der Waals surface area (Å²) in [5.74, 6) is 0. The van der Waals surface area contributed by atoms with Gasteiger partial charge in [-0.15, -0.1) is 12.4 Å². The van der Waals surface area contributed by atoms with E-state index in [9.17, 15) is 0 Å². The van der Waals surface area contributed by atoms with Crippen LogP contribution in [0.2, 0.25) is 0 Å². The largest absolute Gasteiger partial charge is 2.00 e. The van der Waals surface area contributed by atoms with E-state index in [-0.39, 0.29) is 38.3 Å². The van der Waals surface area contributed by atoms with Crippen molar-refractivity contribution in [3.8, 4) is 0 Å². The summed E-state index contributed by atoms with van der Waals surface area (Å²) >= 11 is 0. The van der Waals surface area contributed by atoms with E-state index >= 15 is 0 Å². The maximum Gasteiger partial charge on any atom is 2.00 e. The van der Waals surface area contributed by atoms with Crippen molar-refractivity contribution in [2.75, 3.05) is 0 Å². The van der Waals surface area contributed by atoms with Crippen molar-refractivity contribution in [2.24, 2.45) is 0 Å². The monoisotopic (exact) mass is 203 g/mol. The third-order valence-corrected chi connectivity index (χ3v) is 2.28. The molecule has 0 aliphatic carbocycles. The van der Waals surface area contributed by atoms with Gasteiger partial charge in [0.2, 0.25) is 0 Å². The molecule has 1 saturated heterocycles. The van der Waals surface area contributed by atoms with E-state index in [1.807, 2.05) is 0 Å². The molecule has 0 aromatic heterocycles. The fourth-order valence-corrected chi connectivity index (χ4v) is 2.01. The summed E-state index contributed by atoms with van der Waals surface area (Å²) in [6, 6.07) is 0. The van der Waals surface area contributed by atoms with Crippen LogP contribution in [0.15, 0.2) is 0 Å². The molecule has 0 atom stereocenters. The van der Waals surface area contributed by atoms with Crippen LogP contribution in [-0.4, -0.2) is 34.1 Å². The molecule has 0 spiro atoms. The van der Waals surface area contributed by atoms with Crippen molar-refractivity contribution in [3.05, 3.63) is 0 Å². The zero-order chi connectivity index (χ0) is 7.83. The average Bonchev–Trinajstić information content (AvgIpc) is 1.56. The smallest absolute Gasteiger partial charge is 1.00 e. The van der Waals surface area contributed by atoms with Crippen molar-refractivity contribution in [2.45, 2.75) is 58.0 Å². The Labute approximate surface area is 102 Å². The quantitative estimate of drug-likeness (QED) is 0.598. The Kier molecular flexibility index (Phi) is 6.50. The third-order valence-electron chi connectivity index (χ3n) is 2.28. The fourth-order valence-electron chi connectivity index (χ4n) is 2.01. The minimum Gasteiger partial charge on any atom is -1.00 e. The molecule has 1 fully saturated rings. The number of piperidine rings is 1. The number of rotatable bonds is 0. The maximum absolute atomic E-state index is 3.63. The number of halogens is 1. The molecule has 0 bridgehead atoms. The molecule has 0 radical (unpaired) electrons. The van der Waals surface area contributed by atoms with Gasteiger partial charge in [-0.2, -0.15) is 0 Å². The van der Waals surface area contributed by atoms with Crippen LogP contribution in [0, 0.1) is 0 Å². The van der Waals surface area contributed by atoms with E-state index in [0.29, 0.717) is 11.1 Å². The first-order chi connectivity index (χ1) is 4.41. The predicted molar refractivity (Wildman–Crippen MR) is 60.4 cm³/mol. The second-order valence-corrected chi connectivity index (χ2v) is 4.75. The third kappa shape index (κ3) is 4.90. The van der Waals surface area contributed by atoms with Crippen molar-refractivity contribution in [1.82, 2.24) is 5.32 Å². The van der Waals surface area contributed by atoms with E-state index in [0.717, 1.165) is 0 Å². The number of hydrogen-bond donors (Lipinski definition) is 1. The standard InChI is InChI=1S/C9H19N.ClH.Mg.2H/c1-8(2)6-5-7-9(3,4)10-8;;;;/h10H,5-7H2,1-4H3;1H;;;/q;;+2;2*-1. The van der Waals surface area contributed by atoms with Crippen molar-refractivity contribution in [3.63, 3.8) is 0 Å². The van der Waals surface area contributed by atoms with Crippen LogP contribution >= 0.6 is 12.4 Å². The van der Waals surface area contributed by atoms with E-state index < -0.39 is 0 Å². The second kappa shape index (κ2) is 5.04. The molecule has 72 valence electrons. The first kappa shape index (κ1) is 15.5. The Morgan fingerprint density at radius 1 is 1.00 bits per heavy atom. The van der Waals surface area contributed by atoms with Gasteiger partial charge in [0.1, 0.15) is 0 Å². The molecule has 1 aliphatic rings. The van der Waals surface area contributed by atoms with E-state index in [4.69, 9.17) is 0 Å². The molecule has 0 aromatic carbocycles. The molecule has 0 amide bonds. The molecule has 12 heavy (non-hydrogen) atoms. The number of hydrogen-bond acceptors (Lipinski definition) is 1. The summed E-state index contributed by atoms with van der Waals surface area (Å²) in [6.07, 6.45) is 4.00. The summed E-state index contributed by atoms with van der Waals surface area (Å²) in [6.45, 7) is 9.14. The molecular formula is C9H22ClMgN. The minimum atomic E-state index is 0. The minimum absolute atomic E-state index is 0. The molecule has 1 nitrogen and oxygen atoms in total. The van der Waals surface area contributed by atoms with Gasteiger partial charge in [-0.3, -0.25) is 0 Å². The average molecular weight is 204 g/mol. The Bertz CT molecular complexity index is 129. The van der Waals surface area contributed by atoms with Crippen molar-refractivity contribution < 1.29 is 2.85 Å². The summed E-state index contributed by atoms with van der Waals surface area (Å²) in [5.41, 5.74) is 0.726. The summed E-state index contributed by atoms with van der Waals surface area (Å²) in [4.78, 5) is 0. The van der Waals surface area contributed by atoms with Crippen LogP contribution in [0.25, 0.3) is 0 Å². The van der Waals surface area contributed by atoms with E-state index in [1.165, 1.54) is 19.3 Å². The Balaban J connectivity index is -0.000000125. The Hall–Kier alpha value is 1.02. The zero-order valence-electron chi connectivity index (χ0n) is 10.7. The van der Waals surface area contributed by atoms with Crippen LogP contribution in [-0.2, 0) is 0 Å². The molecule has 3 heteroatoms. The van der Waals surface area contributed by atoms with Crippen molar-refractivity contribution >= 4 is 35.5 Å². The van der Waals surface area contributed by atoms with Gasteiger partial charge in [0.05, 0.1) is 0 Å². The molecular weight excluding hydrogens is 182 g/mol. The van der Waals surface area contributed by atoms with Crippen LogP contribution in [0.3, 0.4) is 0 Å². The summed E-state index contributed by atoms with van der Waals surface area (Å²) < 4.78 is 0. The molecule has 1 heterocycles. The molecule has 0 saturated carbocycles. The van der Waals surface area contributed by atoms with Gasteiger partial charge < -0.3 is 8.17 Å². The summed E-state index contributed by atoms with van der Waals surface area (Å²) in [5, 5.41) is 3.63. The fraction of sp³-hybridized carbons (Fsp3) is 1.00. The van der Waals surface area contributed by atoms with Gasteiger partial charge >= 0.3 is 23.1 Å². The van der Waals surface area contributed by atoms with Gasteiger partial charge in [-0.05, 0) is 47.0 Å². The SMILES string of the molecule is CC1(C)CCCC(C)(C)N1.Cl.[H-].[H-].[Mg+2]. The van der Waals surface area contributed by atoms with Gasteiger partial charge in [-0.1, -0.05) is 0 Å². The molecule has 0 aromatic rings. The van der Waals surface area contributed by atoms with Crippen LogP contribution in [0.4, 0.5) is 0 Å². The first-order valence-corrected chi connectivity index (χ1v) is 4.21. The van der Waals surface area contributed by atoms with Gasteiger partial charge in [0, 0.05) is 11.1 Å². The first-order valence-electron chi connectivity index (χ1n) is 4.21. The Morgan fingerprint density at radius 3 is 1.50 bits per heavy atom. The molecule has 1 aliphatic heterocycles. The van der Waals surface area contributed by atoms with Gasteiger partial charge in [0.15, 0.2) is 0 Å². The van der Waals surface area contributed by atoms with E-state index in [1.54, 1.807) is 0 Å². The molecule has 1 rings (SSSR count). The second-order valence-electron chi connectivity index (χ2n) is 4.75. The van der Waals surface area contributed by atoms with Crippen LogP contribution < -0.4 is 5.32 Å². The normalized spacial score (nSPS) is 25.0. The maximum atomic E-state index is 3.63.